The minimum absolute atomic E-state index is 0.176. The Hall–Kier alpha value is -3.48. The van der Waals surface area contributed by atoms with Gasteiger partial charge in [-0.1, -0.05) is 36.9 Å². The van der Waals surface area contributed by atoms with E-state index in [4.69, 9.17) is 4.74 Å². The van der Waals surface area contributed by atoms with Gasteiger partial charge in [-0.3, -0.25) is 19.3 Å². The molecule has 3 rings (SSSR count). The summed E-state index contributed by atoms with van der Waals surface area (Å²) in [6, 6.07) is 12.9. The molecule has 2 aromatic rings. The fraction of sp³-hybridized carbons (Fsp3) is 0.227. The largest absolute Gasteiger partial charge is 0.451 e. The number of amides is 2. The van der Waals surface area contributed by atoms with E-state index >= 15 is 0 Å². The molecule has 29 heavy (non-hydrogen) atoms. The molecule has 2 amide bonds. The monoisotopic (exact) mass is 396 g/mol. The minimum atomic E-state index is -1.05. The third-order valence-corrected chi connectivity index (χ3v) is 4.67. The quantitative estimate of drug-likeness (QED) is 0.705. The Kier molecular flexibility index (Phi) is 5.77. The van der Waals surface area contributed by atoms with Crippen LogP contribution in [0, 0.1) is 5.82 Å². The summed E-state index contributed by atoms with van der Waals surface area (Å²) in [5, 5.41) is 0. The van der Waals surface area contributed by atoms with Crippen molar-refractivity contribution in [3.63, 3.8) is 0 Å². The van der Waals surface area contributed by atoms with Gasteiger partial charge < -0.3 is 9.64 Å². The van der Waals surface area contributed by atoms with Crippen molar-refractivity contribution in [3.05, 3.63) is 77.6 Å². The van der Waals surface area contributed by atoms with Crippen molar-refractivity contribution in [2.75, 3.05) is 13.6 Å². The predicted octanol–water partition coefficient (Wildman–Crippen LogP) is 2.84. The highest BCUT2D eigenvalue weighted by atomic mass is 19.1. The predicted molar refractivity (Wildman–Crippen MR) is 105 cm³/mol. The summed E-state index contributed by atoms with van der Waals surface area (Å²) in [5.74, 6) is -1.87. The SMILES string of the molecule is C=C1c2ccccc2C(=O)N1CC(=O)OC(C)C(=O)N(C)Cc1cccc(F)c1. The molecule has 1 unspecified atom stereocenters. The molecular weight excluding hydrogens is 375 g/mol. The lowest BCUT2D eigenvalue weighted by Gasteiger charge is -2.23. The third-order valence-electron chi connectivity index (χ3n) is 4.67. The highest BCUT2D eigenvalue weighted by molar-refractivity contribution is 6.10. The van der Waals surface area contributed by atoms with E-state index in [2.05, 4.69) is 6.58 Å². The number of rotatable bonds is 6. The Balaban J connectivity index is 1.57. The van der Waals surface area contributed by atoms with Crippen LogP contribution in [0.4, 0.5) is 4.39 Å². The van der Waals surface area contributed by atoms with Crippen molar-refractivity contribution in [1.29, 1.82) is 0 Å². The van der Waals surface area contributed by atoms with Crippen LogP contribution in [0.2, 0.25) is 0 Å². The van der Waals surface area contributed by atoms with Crippen LogP contribution in [-0.4, -0.2) is 47.3 Å². The van der Waals surface area contributed by atoms with Gasteiger partial charge in [0.15, 0.2) is 6.10 Å². The molecule has 0 saturated carbocycles. The van der Waals surface area contributed by atoms with Gasteiger partial charge in [0.25, 0.3) is 11.8 Å². The standard InChI is InChI=1S/C22H21FN2O4/c1-14-18-9-4-5-10-19(18)22(28)25(14)13-20(26)29-15(2)21(27)24(3)12-16-7-6-8-17(23)11-16/h4-11,15H,1,12-13H2,2-3H3. The molecule has 1 aliphatic rings. The number of nitrogens with zero attached hydrogens (tertiary/aromatic N) is 2. The molecule has 1 heterocycles. The van der Waals surface area contributed by atoms with Crippen molar-refractivity contribution >= 4 is 23.5 Å². The van der Waals surface area contributed by atoms with Gasteiger partial charge in [0.05, 0.1) is 0 Å². The number of hydrogen-bond donors (Lipinski definition) is 0. The van der Waals surface area contributed by atoms with Crippen molar-refractivity contribution in [2.24, 2.45) is 0 Å². The number of fused-ring (bicyclic) bond motifs is 1. The fourth-order valence-electron chi connectivity index (χ4n) is 3.21. The maximum Gasteiger partial charge on any atom is 0.326 e. The van der Waals surface area contributed by atoms with Crippen LogP contribution in [0.5, 0.6) is 0 Å². The van der Waals surface area contributed by atoms with Crippen LogP contribution in [-0.2, 0) is 20.9 Å². The van der Waals surface area contributed by atoms with Gasteiger partial charge in [-0.2, -0.15) is 0 Å². The van der Waals surface area contributed by atoms with E-state index in [1.807, 2.05) is 0 Å². The number of halogens is 1. The molecule has 2 aromatic carbocycles. The highest BCUT2D eigenvalue weighted by Crippen LogP contribution is 2.30. The van der Waals surface area contributed by atoms with Crippen molar-refractivity contribution in [1.82, 2.24) is 9.80 Å². The van der Waals surface area contributed by atoms with Crippen molar-refractivity contribution in [2.45, 2.75) is 19.6 Å². The maximum absolute atomic E-state index is 13.3. The van der Waals surface area contributed by atoms with E-state index < -0.39 is 18.0 Å². The Morgan fingerprint density at radius 1 is 1.17 bits per heavy atom. The number of ether oxygens (including phenoxy) is 1. The summed E-state index contributed by atoms with van der Waals surface area (Å²) in [6.45, 7) is 5.16. The first-order valence-corrected chi connectivity index (χ1v) is 9.07. The zero-order chi connectivity index (χ0) is 21.1. The Labute approximate surface area is 168 Å². The maximum atomic E-state index is 13.3. The molecule has 0 bridgehead atoms. The van der Waals surface area contributed by atoms with E-state index in [9.17, 15) is 18.8 Å². The first-order valence-electron chi connectivity index (χ1n) is 9.07. The molecule has 6 nitrogen and oxygen atoms in total. The average molecular weight is 396 g/mol. The first kappa shape index (κ1) is 20.3. The molecule has 0 spiro atoms. The first-order chi connectivity index (χ1) is 13.8. The van der Waals surface area contributed by atoms with Gasteiger partial charge in [0.2, 0.25) is 0 Å². The van der Waals surface area contributed by atoms with Gasteiger partial charge in [0, 0.05) is 30.4 Å². The van der Waals surface area contributed by atoms with Crippen LogP contribution in [0.15, 0.2) is 55.1 Å². The number of carbonyl (C=O) groups is 3. The molecule has 0 fully saturated rings. The molecule has 0 aliphatic carbocycles. The van der Waals surface area contributed by atoms with E-state index in [0.717, 1.165) is 0 Å². The number of esters is 1. The van der Waals surface area contributed by atoms with Gasteiger partial charge in [0.1, 0.15) is 12.4 Å². The molecule has 0 radical (unpaired) electrons. The summed E-state index contributed by atoms with van der Waals surface area (Å²) < 4.78 is 18.5. The lowest BCUT2D eigenvalue weighted by atomic mass is 10.1. The zero-order valence-corrected chi connectivity index (χ0v) is 16.2. The molecule has 150 valence electrons. The molecule has 1 atom stereocenters. The Morgan fingerprint density at radius 2 is 1.86 bits per heavy atom. The van der Waals surface area contributed by atoms with E-state index in [-0.39, 0.29) is 24.8 Å². The summed E-state index contributed by atoms with van der Waals surface area (Å²) in [4.78, 5) is 39.8. The van der Waals surface area contributed by atoms with Gasteiger partial charge >= 0.3 is 5.97 Å². The van der Waals surface area contributed by atoms with Crippen LogP contribution in [0.25, 0.3) is 5.70 Å². The fourth-order valence-corrected chi connectivity index (χ4v) is 3.21. The molecule has 1 aliphatic heterocycles. The summed E-state index contributed by atoms with van der Waals surface area (Å²) in [6.07, 6.45) is -1.05. The second-order valence-electron chi connectivity index (χ2n) is 6.84. The average Bonchev–Trinajstić information content (AvgIpc) is 2.92. The Bertz CT molecular complexity index is 953. The van der Waals surface area contributed by atoms with Crippen LogP contribution < -0.4 is 0 Å². The van der Waals surface area contributed by atoms with E-state index in [1.165, 1.54) is 28.9 Å². The lowest BCUT2D eigenvalue weighted by molar-refractivity contribution is -0.158. The van der Waals surface area contributed by atoms with Crippen molar-refractivity contribution in [3.8, 4) is 0 Å². The Morgan fingerprint density at radius 3 is 2.52 bits per heavy atom. The van der Waals surface area contributed by atoms with Crippen LogP contribution in [0.1, 0.15) is 28.4 Å². The highest BCUT2D eigenvalue weighted by Gasteiger charge is 2.33. The summed E-state index contributed by atoms with van der Waals surface area (Å²) >= 11 is 0. The summed E-state index contributed by atoms with van der Waals surface area (Å²) in [7, 11) is 1.54. The topological polar surface area (TPSA) is 66.9 Å². The smallest absolute Gasteiger partial charge is 0.326 e. The molecule has 7 heteroatoms. The molecular formula is C22H21FN2O4. The zero-order valence-electron chi connectivity index (χ0n) is 16.2. The second kappa shape index (κ2) is 8.26. The van der Waals surface area contributed by atoms with Crippen molar-refractivity contribution < 1.29 is 23.5 Å². The summed E-state index contributed by atoms with van der Waals surface area (Å²) in [5.41, 5.74) is 2.19. The van der Waals surface area contributed by atoms with Crippen LogP contribution >= 0.6 is 0 Å². The number of carbonyl (C=O) groups excluding carboxylic acids is 3. The van der Waals surface area contributed by atoms with Gasteiger partial charge in [-0.25, -0.2) is 4.39 Å². The number of hydrogen-bond acceptors (Lipinski definition) is 4. The number of benzene rings is 2. The third kappa shape index (κ3) is 4.34. The van der Waals surface area contributed by atoms with Crippen LogP contribution in [0.3, 0.4) is 0 Å². The second-order valence-corrected chi connectivity index (χ2v) is 6.84. The molecule has 0 saturated heterocycles. The molecule has 0 aromatic heterocycles. The molecule has 0 N–H and O–H groups in total. The minimum Gasteiger partial charge on any atom is -0.451 e. The number of likely N-dealkylation sites (N-methyl/N-ethyl adjacent to an activating group) is 1. The van der Waals surface area contributed by atoms with Gasteiger partial charge in [-0.15, -0.1) is 0 Å². The van der Waals surface area contributed by atoms with E-state index in [1.54, 1.807) is 43.4 Å². The normalized spacial score (nSPS) is 13.8. The lowest BCUT2D eigenvalue weighted by Crippen LogP contribution is -2.39. The van der Waals surface area contributed by atoms with Gasteiger partial charge in [-0.05, 0) is 30.7 Å². The van der Waals surface area contributed by atoms with E-state index in [0.29, 0.717) is 22.4 Å².